The number of pyridine rings is 1. The van der Waals surface area contributed by atoms with Crippen molar-refractivity contribution in [2.75, 3.05) is 36.4 Å². The van der Waals surface area contributed by atoms with E-state index in [9.17, 15) is 9.59 Å². The van der Waals surface area contributed by atoms with Crippen LogP contribution in [0.3, 0.4) is 0 Å². The van der Waals surface area contributed by atoms with Crippen LogP contribution in [0.4, 0.5) is 21.1 Å². The fourth-order valence-electron chi connectivity index (χ4n) is 3.28. The van der Waals surface area contributed by atoms with E-state index in [-0.39, 0.29) is 17.7 Å². The Kier molecular flexibility index (Phi) is 8.20. The molecule has 0 saturated carbocycles. The van der Waals surface area contributed by atoms with E-state index < -0.39 is 11.6 Å². The zero-order chi connectivity index (χ0) is 24.2. The summed E-state index contributed by atoms with van der Waals surface area (Å²) in [6, 6.07) is 8.25. The number of carbonyl (C=O) groups excluding carboxylic acids is 2. The largest absolute Gasteiger partial charge is 0.444 e. The lowest BCUT2D eigenvalue weighted by atomic mass is 10.2. The summed E-state index contributed by atoms with van der Waals surface area (Å²) in [5, 5.41) is 3.32. The van der Waals surface area contributed by atoms with Crippen molar-refractivity contribution in [1.82, 2.24) is 14.2 Å². The molecular formula is C22H27Cl2N5O3S. The maximum absolute atomic E-state index is 12.6. The molecule has 33 heavy (non-hydrogen) atoms. The number of piperazine rings is 1. The molecule has 0 radical (unpaired) electrons. The molecule has 1 aliphatic heterocycles. The topological polar surface area (TPSA) is 78.0 Å². The van der Waals surface area contributed by atoms with Gasteiger partial charge in [-0.2, -0.15) is 0 Å². The van der Waals surface area contributed by atoms with Crippen molar-refractivity contribution < 1.29 is 14.3 Å². The number of aromatic nitrogens is 1. The number of benzene rings is 1. The highest BCUT2D eigenvalue weighted by Gasteiger charge is 2.27. The number of hydrogen-bond donors (Lipinski definition) is 2. The average Bonchev–Trinajstić information content (AvgIpc) is 2.76. The number of nitrogens with one attached hydrogen (secondary N) is 1. The molecule has 0 bridgehead atoms. The van der Waals surface area contributed by atoms with Gasteiger partial charge in [-0.1, -0.05) is 48.1 Å². The Balaban J connectivity index is 1.63. The van der Waals surface area contributed by atoms with Crippen LogP contribution in [0.1, 0.15) is 26.3 Å². The van der Waals surface area contributed by atoms with Crippen molar-refractivity contribution in [3.63, 3.8) is 0 Å². The third-order valence-corrected chi connectivity index (χ3v) is 5.99. The van der Waals surface area contributed by atoms with Gasteiger partial charge >= 0.3 is 12.1 Å². The average molecular weight is 512 g/mol. The van der Waals surface area contributed by atoms with Crippen LogP contribution in [0.25, 0.3) is 0 Å². The van der Waals surface area contributed by atoms with Crippen molar-refractivity contribution >= 4 is 59.6 Å². The molecule has 3 amide bonds. The molecular weight excluding hydrogens is 485 g/mol. The molecule has 1 saturated heterocycles. The Morgan fingerprint density at radius 2 is 1.85 bits per heavy atom. The molecule has 1 aromatic carbocycles. The fourth-order valence-corrected chi connectivity index (χ4v) is 3.83. The molecule has 3 rings (SSSR count). The summed E-state index contributed by atoms with van der Waals surface area (Å²) in [5.41, 5.74) is 0.692. The lowest BCUT2D eigenvalue weighted by molar-refractivity contribution is 0.0240. The molecule has 1 aliphatic rings. The second kappa shape index (κ2) is 10.7. The molecule has 8 nitrogen and oxygen atoms in total. The van der Waals surface area contributed by atoms with Gasteiger partial charge in [-0.3, -0.25) is 4.31 Å². The van der Waals surface area contributed by atoms with Gasteiger partial charge in [0.15, 0.2) is 0 Å². The van der Waals surface area contributed by atoms with Crippen LogP contribution < -0.4 is 10.2 Å². The number of urea groups is 1. The molecule has 178 valence electrons. The summed E-state index contributed by atoms with van der Waals surface area (Å²) in [6.45, 7) is 7.98. The standard InChI is InChI=1S/C22H27Cl2N5O3S/c1-22(2,3)32-21(31)28-12-10-27(11-13-28)19-15(6-5-9-25-19)14-29(33)20(30)26-17-8-4-7-16(23)18(17)24/h4-9,33H,10-14H2,1-3H3,(H,26,30). The van der Waals surface area contributed by atoms with Crippen LogP contribution in [-0.4, -0.2) is 58.1 Å². The molecule has 0 atom stereocenters. The highest BCUT2D eigenvalue weighted by atomic mass is 35.5. The van der Waals surface area contributed by atoms with Gasteiger partial charge in [-0.15, -0.1) is 0 Å². The minimum Gasteiger partial charge on any atom is -0.444 e. The molecule has 1 aromatic heterocycles. The maximum atomic E-state index is 12.6. The van der Waals surface area contributed by atoms with E-state index in [0.717, 1.165) is 11.4 Å². The predicted octanol–water partition coefficient (Wildman–Crippen LogP) is 5.32. The molecule has 0 unspecified atom stereocenters. The molecule has 0 aliphatic carbocycles. The second-order valence-electron chi connectivity index (χ2n) is 8.53. The molecule has 1 N–H and O–H groups in total. The highest BCUT2D eigenvalue weighted by molar-refractivity contribution is 7.78. The number of amides is 3. The van der Waals surface area contributed by atoms with Crippen LogP contribution in [0, 0.1) is 0 Å². The third-order valence-electron chi connectivity index (χ3n) is 4.85. The zero-order valence-corrected chi connectivity index (χ0v) is 21.1. The van der Waals surface area contributed by atoms with Gasteiger partial charge in [0, 0.05) is 37.9 Å². The number of hydrogen-bond acceptors (Lipinski definition) is 6. The highest BCUT2D eigenvalue weighted by Crippen LogP contribution is 2.30. The van der Waals surface area contributed by atoms with Gasteiger partial charge in [-0.05, 0) is 39.0 Å². The Hall–Kier alpha value is -2.36. The van der Waals surface area contributed by atoms with Crippen LogP contribution >= 0.6 is 36.0 Å². The van der Waals surface area contributed by atoms with E-state index in [1.807, 2.05) is 32.9 Å². The summed E-state index contributed by atoms with van der Waals surface area (Å²) in [4.78, 5) is 33.3. The third kappa shape index (κ3) is 6.82. The van der Waals surface area contributed by atoms with Crippen molar-refractivity contribution in [3.05, 3.63) is 52.1 Å². The number of carbonyl (C=O) groups is 2. The van der Waals surface area contributed by atoms with Gasteiger partial charge in [0.25, 0.3) is 0 Å². The number of thiol groups is 1. The summed E-state index contributed by atoms with van der Waals surface area (Å²) in [7, 11) is 0. The van der Waals surface area contributed by atoms with Crippen LogP contribution in [0.2, 0.25) is 10.0 Å². The lowest BCUT2D eigenvalue weighted by Gasteiger charge is -2.37. The summed E-state index contributed by atoms with van der Waals surface area (Å²) < 4.78 is 6.70. The number of ether oxygens (including phenoxy) is 1. The second-order valence-corrected chi connectivity index (χ2v) is 9.80. The molecule has 1 fully saturated rings. The minimum absolute atomic E-state index is 0.211. The van der Waals surface area contributed by atoms with Gasteiger partial charge in [0.1, 0.15) is 11.4 Å². The van der Waals surface area contributed by atoms with Gasteiger partial charge in [-0.25, -0.2) is 14.6 Å². The van der Waals surface area contributed by atoms with E-state index in [2.05, 4.69) is 28.0 Å². The smallest absolute Gasteiger partial charge is 0.410 e. The van der Waals surface area contributed by atoms with E-state index in [0.29, 0.717) is 36.9 Å². The first-order valence-corrected chi connectivity index (χ1v) is 11.6. The minimum atomic E-state index is -0.533. The maximum Gasteiger partial charge on any atom is 0.410 e. The Morgan fingerprint density at radius 1 is 1.15 bits per heavy atom. The van der Waals surface area contributed by atoms with Crippen LogP contribution in [0.5, 0.6) is 0 Å². The summed E-state index contributed by atoms with van der Waals surface area (Å²) in [5.74, 6) is 0.744. The Morgan fingerprint density at radius 3 is 2.52 bits per heavy atom. The first kappa shape index (κ1) is 25.3. The van der Waals surface area contributed by atoms with Gasteiger partial charge < -0.3 is 19.9 Å². The first-order chi connectivity index (χ1) is 15.5. The van der Waals surface area contributed by atoms with Crippen molar-refractivity contribution in [3.8, 4) is 0 Å². The summed E-state index contributed by atoms with van der Waals surface area (Å²) in [6.07, 6.45) is 1.38. The number of rotatable bonds is 4. The lowest BCUT2D eigenvalue weighted by Crippen LogP contribution is -2.50. The van der Waals surface area contributed by atoms with Gasteiger partial charge in [0.2, 0.25) is 0 Å². The van der Waals surface area contributed by atoms with E-state index in [1.54, 1.807) is 29.3 Å². The quantitative estimate of drug-likeness (QED) is 0.542. The van der Waals surface area contributed by atoms with Crippen LogP contribution in [0.15, 0.2) is 36.5 Å². The first-order valence-electron chi connectivity index (χ1n) is 10.4. The van der Waals surface area contributed by atoms with Crippen molar-refractivity contribution in [2.45, 2.75) is 32.9 Å². The van der Waals surface area contributed by atoms with E-state index in [4.69, 9.17) is 27.9 Å². The van der Waals surface area contributed by atoms with Crippen LogP contribution in [-0.2, 0) is 11.3 Å². The normalized spacial score (nSPS) is 14.1. The predicted molar refractivity (Wildman–Crippen MR) is 134 cm³/mol. The van der Waals surface area contributed by atoms with Gasteiger partial charge in [0.05, 0.1) is 22.3 Å². The van der Waals surface area contributed by atoms with E-state index >= 15 is 0 Å². The zero-order valence-electron chi connectivity index (χ0n) is 18.7. The van der Waals surface area contributed by atoms with Crippen molar-refractivity contribution in [2.24, 2.45) is 0 Å². The molecule has 11 heteroatoms. The fraction of sp³-hybridized carbons (Fsp3) is 0.409. The molecule has 0 spiro atoms. The molecule has 2 heterocycles. The summed E-state index contributed by atoms with van der Waals surface area (Å²) >= 11 is 16.5. The molecule has 2 aromatic rings. The number of halogens is 2. The number of nitrogens with zero attached hydrogens (tertiary/aromatic N) is 4. The Bertz CT molecular complexity index is 1010. The number of anilines is 2. The SMILES string of the molecule is CC(C)(C)OC(=O)N1CCN(c2ncccc2CN(S)C(=O)Nc2cccc(Cl)c2Cl)CC1. The Labute approximate surface area is 209 Å². The van der Waals surface area contributed by atoms with Crippen molar-refractivity contribution in [1.29, 1.82) is 0 Å². The monoisotopic (exact) mass is 511 g/mol. The van der Waals surface area contributed by atoms with E-state index in [1.165, 1.54) is 4.31 Å².